The lowest BCUT2D eigenvalue weighted by molar-refractivity contribution is 0.127. The van der Waals surface area contributed by atoms with Crippen molar-refractivity contribution in [3.8, 4) is 0 Å². The fourth-order valence-corrected chi connectivity index (χ4v) is 4.50. The van der Waals surface area contributed by atoms with Crippen molar-refractivity contribution in [1.82, 2.24) is 14.1 Å². The van der Waals surface area contributed by atoms with E-state index in [9.17, 15) is 12.8 Å². The normalized spacial score (nSPS) is 19.3. The van der Waals surface area contributed by atoms with E-state index in [1.165, 1.54) is 29.6 Å². The van der Waals surface area contributed by atoms with Gasteiger partial charge in [0.1, 0.15) is 10.7 Å². The molecule has 0 saturated heterocycles. The van der Waals surface area contributed by atoms with Gasteiger partial charge in [0.05, 0.1) is 24.9 Å². The highest BCUT2D eigenvalue weighted by Crippen LogP contribution is 2.27. The minimum absolute atomic E-state index is 0.144. The van der Waals surface area contributed by atoms with Gasteiger partial charge in [0.2, 0.25) is 10.0 Å². The minimum Gasteiger partial charge on any atom is -0.383 e. The van der Waals surface area contributed by atoms with Crippen molar-refractivity contribution in [3.05, 3.63) is 48.0 Å². The number of rotatable bonds is 4. The summed E-state index contributed by atoms with van der Waals surface area (Å²) in [6.45, 7) is 0.989. The van der Waals surface area contributed by atoms with Gasteiger partial charge in [-0.2, -0.15) is 9.40 Å². The third kappa shape index (κ3) is 3.01. The zero-order valence-corrected chi connectivity index (χ0v) is 13.5. The zero-order chi connectivity index (χ0) is 16.4. The Hall–Kier alpha value is -1.77. The number of fused-ring (bicyclic) bond motifs is 1. The molecule has 0 amide bonds. The van der Waals surface area contributed by atoms with E-state index in [0.29, 0.717) is 13.0 Å². The van der Waals surface area contributed by atoms with Crippen molar-refractivity contribution in [2.45, 2.75) is 30.4 Å². The summed E-state index contributed by atoms with van der Waals surface area (Å²) in [5, 5.41) is 4.20. The van der Waals surface area contributed by atoms with Crippen LogP contribution in [0.3, 0.4) is 0 Å². The first kappa shape index (κ1) is 16.1. The van der Waals surface area contributed by atoms with Crippen molar-refractivity contribution < 1.29 is 17.5 Å². The van der Waals surface area contributed by atoms with Crippen molar-refractivity contribution in [2.75, 3.05) is 13.7 Å². The number of methoxy groups -OCH3 is 1. The molecule has 0 bridgehead atoms. The standard InChI is InChI=1S/C15H18FN3O3S/c1-22-11-13-7-9-18-12(6-8-17-18)10-19(13)23(20,21)15-5-3-2-4-14(15)16/h2-6,8,13H,7,9-11H2,1H3/t13-/m0/s1. The molecule has 0 N–H and O–H groups in total. The van der Waals surface area contributed by atoms with E-state index in [-0.39, 0.29) is 24.1 Å². The van der Waals surface area contributed by atoms with Gasteiger partial charge >= 0.3 is 0 Å². The molecule has 0 aliphatic carbocycles. The van der Waals surface area contributed by atoms with Crippen LogP contribution < -0.4 is 0 Å². The average molecular weight is 339 g/mol. The molecule has 3 rings (SSSR count). The summed E-state index contributed by atoms with van der Waals surface area (Å²) in [6, 6.07) is 6.84. The van der Waals surface area contributed by atoms with Crippen LogP contribution in [0.15, 0.2) is 41.4 Å². The summed E-state index contributed by atoms with van der Waals surface area (Å²) < 4.78 is 48.3. The number of nitrogens with zero attached hydrogens (tertiary/aromatic N) is 3. The molecule has 1 aliphatic heterocycles. The quantitative estimate of drug-likeness (QED) is 0.849. The first-order chi connectivity index (χ1) is 11.0. The predicted octanol–water partition coefficient (Wildman–Crippen LogP) is 1.63. The maximum absolute atomic E-state index is 14.0. The SMILES string of the molecule is COC[C@@H]1CCn2nccc2CN1S(=O)(=O)c1ccccc1F. The van der Waals surface area contributed by atoms with Gasteiger partial charge in [-0.25, -0.2) is 12.8 Å². The molecule has 0 spiro atoms. The lowest BCUT2D eigenvalue weighted by atomic mass is 10.2. The van der Waals surface area contributed by atoms with Crippen LogP contribution >= 0.6 is 0 Å². The molecule has 8 heteroatoms. The number of sulfonamides is 1. The molecule has 0 radical (unpaired) electrons. The van der Waals surface area contributed by atoms with Crippen LogP contribution in [0.1, 0.15) is 12.1 Å². The third-order valence-corrected chi connectivity index (χ3v) is 5.92. The van der Waals surface area contributed by atoms with E-state index in [1.807, 2.05) is 0 Å². The van der Waals surface area contributed by atoms with E-state index in [0.717, 1.165) is 11.8 Å². The number of hydrogen-bond donors (Lipinski definition) is 0. The lowest BCUT2D eigenvalue weighted by Gasteiger charge is -2.28. The molecule has 1 aliphatic rings. The number of aryl methyl sites for hydroxylation is 1. The second-order valence-corrected chi connectivity index (χ2v) is 7.28. The van der Waals surface area contributed by atoms with E-state index in [4.69, 9.17) is 4.74 Å². The van der Waals surface area contributed by atoms with Gasteiger partial charge in [-0.3, -0.25) is 4.68 Å². The smallest absolute Gasteiger partial charge is 0.246 e. The van der Waals surface area contributed by atoms with Gasteiger partial charge in [-0.15, -0.1) is 0 Å². The molecule has 2 heterocycles. The molecule has 1 aromatic heterocycles. The maximum Gasteiger partial charge on any atom is 0.246 e. The second-order valence-electron chi connectivity index (χ2n) is 5.42. The molecule has 0 saturated carbocycles. The number of aromatic nitrogens is 2. The van der Waals surface area contributed by atoms with E-state index in [2.05, 4.69) is 5.10 Å². The Bertz CT molecular complexity index is 791. The Labute approximate surface area is 134 Å². The van der Waals surface area contributed by atoms with Crippen LogP contribution in [-0.2, 0) is 27.8 Å². The molecule has 1 atom stereocenters. The Kier molecular flexibility index (Phi) is 4.47. The van der Waals surface area contributed by atoms with Crippen LogP contribution in [0.25, 0.3) is 0 Å². The molecule has 124 valence electrons. The van der Waals surface area contributed by atoms with Crippen LogP contribution in [0.4, 0.5) is 4.39 Å². The summed E-state index contributed by atoms with van der Waals surface area (Å²) in [7, 11) is -2.45. The van der Waals surface area contributed by atoms with Gasteiger partial charge in [0.25, 0.3) is 0 Å². The topological polar surface area (TPSA) is 64.4 Å². The van der Waals surface area contributed by atoms with Gasteiger partial charge in [0, 0.05) is 19.9 Å². The number of ether oxygens (including phenoxy) is 1. The minimum atomic E-state index is -3.97. The molecule has 0 unspecified atom stereocenters. The monoisotopic (exact) mass is 339 g/mol. The molecule has 2 aromatic rings. The van der Waals surface area contributed by atoms with E-state index in [1.54, 1.807) is 16.9 Å². The second kappa shape index (κ2) is 6.38. The number of halogens is 1. The Morgan fingerprint density at radius 2 is 2.13 bits per heavy atom. The van der Waals surface area contributed by atoms with Crippen LogP contribution in [0.2, 0.25) is 0 Å². The highest BCUT2D eigenvalue weighted by molar-refractivity contribution is 7.89. The lowest BCUT2D eigenvalue weighted by Crippen LogP contribution is -2.41. The Balaban J connectivity index is 2.04. The predicted molar refractivity (Wildman–Crippen MR) is 81.6 cm³/mol. The van der Waals surface area contributed by atoms with Crippen molar-refractivity contribution in [1.29, 1.82) is 0 Å². The molecule has 6 nitrogen and oxygen atoms in total. The van der Waals surface area contributed by atoms with Gasteiger partial charge in [-0.1, -0.05) is 12.1 Å². The van der Waals surface area contributed by atoms with Gasteiger partial charge in [-0.05, 0) is 24.6 Å². The third-order valence-electron chi connectivity index (χ3n) is 3.99. The van der Waals surface area contributed by atoms with E-state index >= 15 is 0 Å². The Morgan fingerprint density at radius 3 is 2.87 bits per heavy atom. The number of hydrogen-bond acceptors (Lipinski definition) is 4. The fraction of sp³-hybridized carbons (Fsp3) is 0.400. The molecule has 23 heavy (non-hydrogen) atoms. The van der Waals surface area contributed by atoms with Gasteiger partial charge < -0.3 is 4.74 Å². The van der Waals surface area contributed by atoms with Crippen molar-refractivity contribution >= 4 is 10.0 Å². The molecule has 1 aromatic carbocycles. The van der Waals surface area contributed by atoms with E-state index < -0.39 is 15.8 Å². The van der Waals surface area contributed by atoms with Crippen molar-refractivity contribution in [3.63, 3.8) is 0 Å². The molecular weight excluding hydrogens is 321 g/mol. The first-order valence-electron chi connectivity index (χ1n) is 7.30. The molecular formula is C15H18FN3O3S. The number of benzene rings is 1. The summed E-state index contributed by atoms with van der Waals surface area (Å²) >= 11 is 0. The first-order valence-corrected chi connectivity index (χ1v) is 8.74. The maximum atomic E-state index is 14.0. The summed E-state index contributed by atoms with van der Waals surface area (Å²) in [5.74, 6) is -0.749. The van der Waals surface area contributed by atoms with Crippen LogP contribution in [0, 0.1) is 5.82 Å². The fourth-order valence-electron chi connectivity index (χ4n) is 2.82. The Morgan fingerprint density at radius 1 is 1.35 bits per heavy atom. The summed E-state index contributed by atoms with van der Waals surface area (Å²) in [5.41, 5.74) is 0.781. The van der Waals surface area contributed by atoms with Crippen LogP contribution in [0.5, 0.6) is 0 Å². The van der Waals surface area contributed by atoms with Crippen molar-refractivity contribution in [2.24, 2.45) is 0 Å². The summed E-state index contributed by atoms with van der Waals surface area (Å²) in [4.78, 5) is -0.311. The van der Waals surface area contributed by atoms with Crippen LogP contribution in [-0.4, -0.2) is 42.3 Å². The van der Waals surface area contributed by atoms with Gasteiger partial charge in [0.15, 0.2) is 0 Å². The molecule has 0 fully saturated rings. The highest BCUT2D eigenvalue weighted by atomic mass is 32.2. The highest BCUT2D eigenvalue weighted by Gasteiger charge is 2.35. The average Bonchev–Trinajstić information content (AvgIpc) is 2.89. The zero-order valence-electron chi connectivity index (χ0n) is 12.7. The largest absolute Gasteiger partial charge is 0.383 e. The summed E-state index contributed by atoms with van der Waals surface area (Å²) in [6.07, 6.45) is 2.19.